The first kappa shape index (κ1) is 13.6. The third-order valence-corrected chi connectivity index (χ3v) is 4.02. The number of imidazole rings is 1. The zero-order chi connectivity index (χ0) is 13.0. The molecule has 0 aliphatic heterocycles. The van der Waals surface area contributed by atoms with Crippen molar-refractivity contribution >= 4 is 0 Å². The molecule has 102 valence electrons. The fourth-order valence-electron chi connectivity index (χ4n) is 2.97. The van der Waals surface area contributed by atoms with Crippen molar-refractivity contribution < 1.29 is 0 Å². The predicted molar refractivity (Wildman–Crippen MR) is 75.7 cm³/mol. The van der Waals surface area contributed by atoms with Gasteiger partial charge in [-0.05, 0) is 44.7 Å². The van der Waals surface area contributed by atoms with Gasteiger partial charge < -0.3 is 9.88 Å². The van der Waals surface area contributed by atoms with Gasteiger partial charge in [0.25, 0.3) is 0 Å². The van der Waals surface area contributed by atoms with Crippen LogP contribution in [0.2, 0.25) is 0 Å². The van der Waals surface area contributed by atoms with Gasteiger partial charge in [-0.25, -0.2) is 4.98 Å². The molecule has 1 aromatic rings. The summed E-state index contributed by atoms with van der Waals surface area (Å²) in [5.41, 5.74) is 1.31. The average Bonchev–Trinajstić information content (AvgIpc) is 2.95. The molecule has 2 unspecified atom stereocenters. The van der Waals surface area contributed by atoms with E-state index in [-0.39, 0.29) is 0 Å². The second-order valence-corrected chi connectivity index (χ2v) is 5.98. The van der Waals surface area contributed by atoms with Gasteiger partial charge in [-0.15, -0.1) is 0 Å². The van der Waals surface area contributed by atoms with Gasteiger partial charge in [-0.1, -0.05) is 20.3 Å². The third-order valence-electron chi connectivity index (χ3n) is 4.02. The molecule has 0 radical (unpaired) electrons. The number of hydrogen-bond donors (Lipinski definition) is 1. The largest absolute Gasteiger partial charge is 0.337 e. The maximum atomic E-state index is 4.60. The van der Waals surface area contributed by atoms with Crippen LogP contribution in [0, 0.1) is 11.8 Å². The van der Waals surface area contributed by atoms with Crippen LogP contribution in [0.4, 0.5) is 0 Å². The first-order valence-corrected chi connectivity index (χ1v) is 7.43. The van der Waals surface area contributed by atoms with E-state index in [9.17, 15) is 0 Å². The van der Waals surface area contributed by atoms with Crippen LogP contribution in [-0.4, -0.2) is 22.6 Å². The van der Waals surface area contributed by atoms with E-state index in [1.807, 2.05) is 6.33 Å². The van der Waals surface area contributed by atoms with Gasteiger partial charge in [-0.3, -0.25) is 0 Å². The number of nitrogens with one attached hydrogen (secondary N) is 1. The predicted octanol–water partition coefficient (Wildman–Crippen LogP) is 3.03. The van der Waals surface area contributed by atoms with E-state index < -0.39 is 0 Å². The Balaban J connectivity index is 1.90. The number of rotatable bonds is 6. The maximum absolute atomic E-state index is 4.60. The van der Waals surface area contributed by atoms with E-state index in [2.05, 4.69) is 41.8 Å². The quantitative estimate of drug-likeness (QED) is 0.840. The van der Waals surface area contributed by atoms with Gasteiger partial charge in [0.05, 0.1) is 12.0 Å². The van der Waals surface area contributed by atoms with Crippen molar-refractivity contribution in [2.24, 2.45) is 11.8 Å². The Labute approximate surface area is 111 Å². The Kier molecular flexibility index (Phi) is 4.81. The van der Waals surface area contributed by atoms with Crippen LogP contribution in [0.15, 0.2) is 12.5 Å². The van der Waals surface area contributed by atoms with Crippen LogP contribution >= 0.6 is 0 Å². The van der Waals surface area contributed by atoms with Crippen molar-refractivity contribution in [1.82, 2.24) is 14.9 Å². The molecule has 18 heavy (non-hydrogen) atoms. The lowest BCUT2D eigenvalue weighted by Gasteiger charge is -2.19. The van der Waals surface area contributed by atoms with Crippen molar-refractivity contribution in [3.05, 3.63) is 18.2 Å². The molecule has 1 fully saturated rings. The summed E-state index contributed by atoms with van der Waals surface area (Å²) < 4.78 is 2.19. The molecule has 1 saturated carbocycles. The second-order valence-electron chi connectivity index (χ2n) is 5.98. The van der Waals surface area contributed by atoms with E-state index in [4.69, 9.17) is 0 Å². The molecular weight excluding hydrogens is 222 g/mol. The first-order chi connectivity index (χ1) is 8.70. The fourth-order valence-corrected chi connectivity index (χ4v) is 2.97. The Morgan fingerprint density at radius 1 is 1.44 bits per heavy atom. The summed E-state index contributed by atoms with van der Waals surface area (Å²) in [5, 5.41) is 3.61. The van der Waals surface area contributed by atoms with Crippen molar-refractivity contribution in [1.29, 1.82) is 0 Å². The molecule has 0 saturated heterocycles. The summed E-state index contributed by atoms with van der Waals surface area (Å²) in [4.78, 5) is 4.60. The lowest BCUT2D eigenvalue weighted by Crippen LogP contribution is -2.27. The Bertz CT molecular complexity index is 356. The van der Waals surface area contributed by atoms with Gasteiger partial charge in [0.2, 0.25) is 0 Å². The zero-order valence-electron chi connectivity index (χ0n) is 12.0. The first-order valence-electron chi connectivity index (χ1n) is 7.43. The summed E-state index contributed by atoms with van der Waals surface area (Å²) in [7, 11) is 0. The van der Waals surface area contributed by atoms with Crippen LogP contribution in [0.1, 0.15) is 51.6 Å². The molecular formula is C15H27N3. The van der Waals surface area contributed by atoms with Crippen molar-refractivity contribution in [2.45, 2.75) is 52.5 Å². The minimum absolute atomic E-state index is 0.678. The Morgan fingerprint density at radius 2 is 2.28 bits per heavy atom. The monoisotopic (exact) mass is 249 g/mol. The minimum Gasteiger partial charge on any atom is -0.337 e. The lowest BCUT2D eigenvalue weighted by molar-refractivity contribution is 0.421. The molecule has 0 aromatic carbocycles. The third kappa shape index (κ3) is 3.35. The molecule has 1 N–H and O–H groups in total. The van der Waals surface area contributed by atoms with Crippen LogP contribution < -0.4 is 5.32 Å². The standard InChI is InChI=1S/C15H27N3/c1-4-18-10-15(17-11-18)14-7-5-6-13(14)9-16-8-12(2)3/h10-14,16H,4-9H2,1-3H3. The maximum Gasteiger partial charge on any atom is 0.0949 e. The molecule has 2 rings (SSSR count). The van der Waals surface area contributed by atoms with Crippen molar-refractivity contribution in [2.75, 3.05) is 13.1 Å². The topological polar surface area (TPSA) is 29.9 Å². The molecule has 1 aliphatic carbocycles. The Hall–Kier alpha value is -0.830. The molecule has 1 heterocycles. The highest BCUT2D eigenvalue weighted by atomic mass is 15.0. The summed E-state index contributed by atoms with van der Waals surface area (Å²) in [6.07, 6.45) is 8.25. The van der Waals surface area contributed by atoms with Gasteiger partial charge in [-0.2, -0.15) is 0 Å². The van der Waals surface area contributed by atoms with E-state index >= 15 is 0 Å². The van der Waals surface area contributed by atoms with E-state index in [0.29, 0.717) is 5.92 Å². The summed E-state index contributed by atoms with van der Waals surface area (Å²) in [6, 6.07) is 0. The van der Waals surface area contributed by atoms with Gasteiger partial charge in [0.15, 0.2) is 0 Å². The van der Waals surface area contributed by atoms with Crippen molar-refractivity contribution in [3.8, 4) is 0 Å². The SMILES string of the molecule is CCn1cnc(C2CCCC2CNCC(C)C)c1. The molecule has 3 nitrogen and oxygen atoms in total. The molecule has 0 bridgehead atoms. The lowest BCUT2D eigenvalue weighted by atomic mass is 9.93. The summed E-state index contributed by atoms with van der Waals surface area (Å²) in [5.74, 6) is 2.20. The number of nitrogens with zero attached hydrogens (tertiary/aromatic N) is 2. The van der Waals surface area contributed by atoms with E-state index in [0.717, 1.165) is 31.5 Å². The van der Waals surface area contributed by atoms with Gasteiger partial charge >= 0.3 is 0 Å². The van der Waals surface area contributed by atoms with Crippen LogP contribution in [-0.2, 0) is 6.54 Å². The molecule has 0 amide bonds. The highest BCUT2D eigenvalue weighted by Crippen LogP contribution is 2.38. The molecule has 3 heteroatoms. The van der Waals surface area contributed by atoms with Crippen molar-refractivity contribution in [3.63, 3.8) is 0 Å². The highest BCUT2D eigenvalue weighted by Gasteiger charge is 2.29. The number of hydrogen-bond acceptors (Lipinski definition) is 2. The Morgan fingerprint density at radius 3 is 2.94 bits per heavy atom. The smallest absolute Gasteiger partial charge is 0.0949 e. The molecule has 1 aliphatic rings. The van der Waals surface area contributed by atoms with Crippen LogP contribution in [0.5, 0.6) is 0 Å². The summed E-state index contributed by atoms with van der Waals surface area (Å²) >= 11 is 0. The highest BCUT2D eigenvalue weighted by molar-refractivity contribution is 5.09. The number of aryl methyl sites for hydroxylation is 1. The molecule has 2 atom stereocenters. The fraction of sp³-hybridized carbons (Fsp3) is 0.800. The van der Waals surface area contributed by atoms with Gasteiger partial charge in [0.1, 0.15) is 0 Å². The van der Waals surface area contributed by atoms with Gasteiger partial charge in [0, 0.05) is 18.7 Å². The minimum atomic E-state index is 0.678. The van der Waals surface area contributed by atoms with Crippen LogP contribution in [0.25, 0.3) is 0 Å². The molecule has 1 aromatic heterocycles. The average molecular weight is 249 g/mol. The number of aromatic nitrogens is 2. The van der Waals surface area contributed by atoms with Crippen LogP contribution in [0.3, 0.4) is 0 Å². The normalized spacial score (nSPS) is 24.0. The second kappa shape index (κ2) is 6.37. The van der Waals surface area contributed by atoms with E-state index in [1.54, 1.807) is 0 Å². The van der Waals surface area contributed by atoms with E-state index in [1.165, 1.54) is 25.0 Å². The zero-order valence-corrected chi connectivity index (χ0v) is 12.0. The molecule has 0 spiro atoms. The summed E-state index contributed by atoms with van der Waals surface area (Å²) in [6.45, 7) is 10.0.